The molecule has 0 bridgehead atoms. The molecule has 0 aromatic rings. The first-order valence-electron chi connectivity index (χ1n) is 6.15. The van der Waals surface area contributed by atoms with Crippen LogP contribution in [0.2, 0.25) is 0 Å². The third-order valence-corrected chi connectivity index (χ3v) is 3.67. The van der Waals surface area contributed by atoms with Crippen molar-refractivity contribution in [3.63, 3.8) is 0 Å². The number of oxime groups is 1. The van der Waals surface area contributed by atoms with E-state index in [1.807, 2.05) is 0 Å². The van der Waals surface area contributed by atoms with Crippen LogP contribution in [0, 0.1) is 0 Å². The summed E-state index contributed by atoms with van der Waals surface area (Å²) in [6.07, 6.45) is 3.43. The number of hydrogen-bond donors (Lipinski definition) is 2. The van der Waals surface area contributed by atoms with Crippen molar-refractivity contribution in [3.05, 3.63) is 0 Å². The molecule has 0 radical (unpaired) electrons. The fraction of sp³-hybridized carbons (Fsp3) is 0.909. The molecular formula is C11H22N4O. The lowest BCUT2D eigenvalue weighted by atomic mass is 10.1. The second-order valence-corrected chi connectivity index (χ2v) is 4.95. The quantitative estimate of drug-likeness (QED) is 0.313. The average Bonchev–Trinajstić information content (AvgIpc) is 3.13. The molecule has 0 amide bonds. The molecule has 1 heterocycles. The fourth-order valence-electron chi connectivity index (χ4n) is 2.46. The molecule has 2 fully saturated rings. The summed E-state index contributed by atoms with van der Waals surface area (Å²) in [5.74, 6) is 0.331. The van der Waals surface area contributed by atoms with Crippen LogP contribution in [0.5, 0.6) is 0 Å². The summed E-state index contributed by atoms with van der Waals surface area (Å²) in [6, 6.07) is 1.25. The Labute approximate surface area is 96.9 Å². The van der Waals surface area contributed by atoms with Gasteiger partial charge in [0.05, 0.1) is 0 Å². The van der Waals surface area contributed by atoms with E-state index in [0.29, 0.717) is 18.3 Å². The first kappa shape index (κ1) is 11.7. The van der Waals surface area contributed by atoms with Crippen LogP contribution in [-0.2, 0) is 0 Å². The van der Waals surface area contributed by atoms with Crippen LogP contribution in [-0.4, -0.2) is 59.1 Å². The molecule has 2 aliphatic rings. The summed E-state index contributed by atoms with van der Waals surface area (Å²) < 4.78 is 0. The van der Waals surface area contributed by atoms with Gasteiger partial charge in [-0.3, -0.25) is 9.80 Å². The highest BCUT2D eigenvalue weighted by Gasteiger charge is 2.32. The van der Waals surface area contributed by atoms with Gasteiger partial charge in [0.2, 0.25) is 0 Å². The van der Waals surface area contributed by atoms with Crippen LogP contribution in [0.4, 0.5) is 0 Å². The van der Waals surface area contributed by atoms with E-state index in [1.165, 1.54) is 25.9 Å². The molecule has 0 spiro atoms. The van der Waals surface area contributed by atoms with Gasteiger partial charge in [-0.05, 0) is 19.8 Å². The molecule has 2 rings (SSSR count). The third kappa shape index (κ3) is 2.86. The van der Waals surface area contributed by atoms with Crippen LogP contribution in [0.25, 0.3) is 0 Å². The van der Waals surface area contributed by atoms with Crippen LogP contribution in [0.15, 0.2) is 5.16 Å². The van der Waals surface area contributed by atoms with Crippen LogP contribution in [0.1, 0.15) is 26.2 Å². The van der Waals surface area contributed by atoms with E-state index in [2.05, 4.69) is 21.9 Å². The SMILES string of the molecule is CC(C/C(N)=N/O)N1CCN(C2CC2)CC1. The minimum Gasteiger partial charge on any atom is -0.409 e. The Balaban J connectivity index is 1.74. The van der Waals surface area contributed by atoms with Crippen molar-refractivity contribution in [3.8, 4) is 0 Å². The van der Waals surface area contributed by atoms with Gasteiger partial charge in [0.1, 0.15) is 5.84 Å². The van der Waals surface area contributed by atoms with Crippen molar-refractivity contribution in [2.75, 3.05) is 26.2 Å². The first-order chi connectivity index (χ1) is 7.70. The van der Waals surface area contributed by atoms with Gasteiger partial charge in [0.25, 0.3) is 0 Å². The average molecular weight is 226 g/mol. The van der Waals surface area contributed by atoms with Gasteiger partial charge in [-0.2, -0.15) is 0 Å². The van der Waals surface area contributed by atoms with Gasteiger partial charge >= 0.3 is 0 Å². The van der Waals surface area contributed by atoms with Crippen LogP contribution < -0.4 is 5.73 Å². The van der Waals surface area contributed by atoms with E-state index in [1.54, 1.807) is 0 Å². The molecule has 1 unspecified atom stereocenters. The first-order valence-corrected chi connectivity index (χ1v) is 6.15. The Kier molecular flexibility index (Phi) is 3.66. The van der Waals surface area contributed by atoms with Crippen molar-refractivity contribution in [1.29, 1.82) is 0 Å². The molecule has 1 saturated heterocycles. The lowest BCUT2D eigenvalue weighted by molar-refractivity contribution is 0.0993. The smallest absolute Gasteiger partial charge is 0.140 e. The number of piperazine rings is 1. The van der Waals surface area contributed by atoms with Crippen molar-refractivity contribution < 1.29 is 5.21 Å². The molecule has 1 aliphatic carbocycles. The summed E-state index contributed by atoms with van der Waals surface area (Å²) in [4.78, 5) is 5.02. The lowest BCUT2D eigenvalue weighted by Gasteiger charge is -2.38. The standard InChI is InChI=1S/C11H22N4O/c1-9(8-11(12)13-16)14-4-6-15(7-5-14)10-2-3-10/h9-10,16H,2-8H2,1H3,(H2,12,13). The highest BCUT2D eigenvalue weighted by atomic mass is 16.4. The number of hydrogen-bond acceptors (Lipinski definition) is 4. The summed E-state index contributed by atoms with van der Waals surface area (Å²) >= 11 is 0. The zero-order valence-electron chi connectivity index (χ0n) is 9.97. The molecule has 92 valence electrons. The lowest BCUT2D eigenvalue weighted by Crippen LogP contribution is -2.50. The zero-order valence-corrected chi connectivity index (χ0v) is 9.97. The van der Waals surface area contributed by atoms with Crippen molar-refractivity contribution >= 4 is 5.84 Å². The maximum Gasteiger partial charge on any atom is 0.140 e. The minimum atomic E-state index is 0.331. The monoisotopic (exact) mass is 226 g/mol. The van der Waals surface area contributed by atoms with E-state index in [9.17, 15) is 0 Å². The van der Waals surface area contributed by atoms with Gasteiger partial charge in [-0.15, -0.1) is 0 Å². The molecule has 0 aromatic carbocycles. The zero-order chi connectivity index (χ0) is 11.5. The summed E-state index contributed by atoms with van der Waals surface area (Å²) in [7, 11) is 0. The molecular weight excluding hydrogens is 204 g/mol. The third-order valence-electron chi connectivity index (χ3n) is 3.67. The Morgan fingerprint density at radius 3 is 2.50 bits per heavy atom. The van der Waals surface area contributed by atoms with Gasteiger partial charge in [0.15, 0.2) is 0 Å². The summed E-state index contributed by atoms with van der Waals surface area (Å²) in [5, 5.41) is 11.6. The molecule has 5 nitrogen and oxygen atoms in total. The molecule has 16 heavy (non-hydrogen) atoms. The van der Waals surface area contributed by atoms with Crippen molar-refractivity contribution in [2.45, 2.75) is 38.3 Å². The maximum atomic E-state index is 8.54. The van der Waals surface area contributed by atoms with Gasteiger partial charge in [-0.25, -0.2) is 0 Å². The van der Waals surface area contributed by atoms with E-state index in [4.69, 9.17) is 10.9 Å². The number of nitrogens with zero attached hydrogens (tertiary/aromatic N) is 3. The second-order valence-electron chi connectivity index (χ2n) is 4.95. The van der Waals surface area contributed by atoms with Gasteiger partial charge < -0.3 is 10.9 Å². The minimum absolute atomic E-state index is 0.331. The fourth-order valence-corrected chi connectivity index (χ4v) is 2.46. The number of nitrogens with two attached hydrogens (primary N) is 1. The molecule has 1 aliphatic heterocycles. The van der Waals surface area contributed by atoms with Gasteiger partial charge in [-0.1, -0.05) is 5.16 Å². The highest BCUT2D eigenvalue weighted by molar-refractivity contribution is 5.80. The molecule has 1 saturated carbocycles. The summed E-state index contributed by atoms with van der Waals surface area (Å²) in [5.41, 5.74) is 5.53. The number of amidine groups is 1. The Bertz CT molecular complexity index is 257. The largest absolute Gasteiger partial charge is 0.409 e. The summed E-state index contributed by atoms with van der Waals surface area (Å²) in [6.45, 7) is 6.70. The van der Waals surface area contributed by atoms with E-state index in [-0.39, 0.29) is 0 Å². The van der Waals surface area contributed by atoms with E-state index >= 15 is 0 Å². The predicted molar refractivity (Wildman–Crippen MR) is 63.7 cm³/mol. The molecule has 5 heteroatoms. The van der Waals surface area contributed by atoms with Gasteiger partial charge in [0, 0.05) is 44.7 Å². The van der Waals surface area contributed by atoms with Crippen molar-refractivity contribution in [1.82, 2.24) is 9.80 Å². The normalized spacial score (nSPS) is 26.9. The van der Waals surface area contributed by atoms with E-state index in [0.717, 1.165) is 19.1 Å². The Hall–Kier alpha value is -0.810. The Morgan fingerprint density at radius 1 is 1.38 bits per heavy atom. The molecule has 0 aromatic heterocycles. The van der Waals surface area contributed by atoms with Crippen LogP contribution >= 0.6 is 0 Å². The topological polar surface area (TPSA) is 65.1 Å². The van der Waals surface area contributed by atoms with Crippen molar-refractivity contribution in [2.24, 2.45) is 10.9 Å². The Morgan fingerprint density at radius 2 is 2.00 bits per heavy atom. The predicted octanol–water partition coefficient (Wildman–Crippen LogP) is 0.291. The second kappa shape index (κ2) is 5.01. The van der Waals surface area contributed by atoms with Crippen LogP contribution in [0.3, 0.4) is 0 Å². The van der Waals surface area contributed by atoms with E-state index < -0.39 is 0 Å². The maximum absolute atomic E-state index is 8.54. The molecule has 3 N–H and O–H groups in total. The highest BCUT2D eigenvalue weighted by Crippen LogP contribution is 2.27. The molecule has 1 atom stereocenters. The number of rotatable bonds is 4.